The van der Waals surface area contributed by atoms with Gasteiger partial charge in [0.05, 0.1) is 41.7 Å². The first-order valence-electron chi connectivity index (χ1n) is 9.96. The van der Waals surface area contributed by atoms with Crippen molar-refractivity contribution < 1.29 is 18.0 Å². The minimum Gasteiger partial charge on any atom is -0.346 e. The predicted octanol–water partition coefficient (Wildman–Crippen LogP) is 4.29. The maximum Gasteiger partial charge on any atom is 0.433 e. The number of carbonyl (C=O) groups is 1. The van der Waals surface area contributed by atoms with E-state index in [9.17, 15) is 18.0 Å². The Morgan fingerprint density at radius 3 is 2.48 bits per heavy atom. The lowest BCUT2D eigenvalue weighted by atomic mass is 10.0. The molecule has 0 atom stereocenters. The summed E-state index contributed by atoms with van der Waals surface area (Å²) in [5.41, 5.74) is 2.53. The number of nitrogens with zero attached hydrogens (tertiary/aromatic N) is 5. The number of alkyl halides is 3. The number of halogens is 3. The van der Waals surface area contributed by atoms with Gasteiger partial charge >= 0.3 is 6.18 Å². The molecule has 1 aromatic carbocycles. The van der Waals surface area contributed by atoms with Crippen molar-refractivity contribution in [1.29, 1.82) is 0 Å². The SMILES string of the molecule is Cc1ccc(-c2cc(C(=O)NCc3cnc(C)cn3)cc(-n3nccc3C(F)(F)F)c2)nc1. The molecule has 0 spiro atoms. The Balaban J connectivity index is 1.73. The van der Waals surface area contributed by atoms with Gasteiger partial charge in [0.1, 0.15) is 5.69 Å². The van der Waals surface area contributed by atoms with E-state index in [0.717, 1.165) is 28.2 Å². The fourth-order valence-electron chi connectivity index (χ4n) is 3.16. The van der Waals surface area contributed by atoms with Gasteiger partial charge in [0.25, 0.3) is 5.91 Å². The quantitative estimate of drug-likeness (QED) is 0.488. The molecule has 10 heteroatoms. The predicted molar refractivity (Wildman–Crippen MR) is 114 cm³/mol. The van der Waals surface area contributed by atoms with Gasteiger partial charge in [-0.2, -0.15) is 18.3 Å². The Morgan fingerprint density at radius 2 is 1.82 bits per heavy atom. The van der Waals surface area contributed by atoms with Gasteiger partial charge in [-0.3, -0.25) is 19.7 Å². The maximum atomic E-state index is 13.5. The number of nitrogens with one attached hydrogen (secondary N) is 1. The van der Waals surface area contributed by atoms with Gasteiger partial charge in [-0.15, -0.1) is 0 Å². The maximum absolute atomic E-state index is 13.5. The lowest BCUT2D eigenvalue weighted by molar-refractivity contribution is -0.142. The first kappa shape index (κ1) is 22.1. The number of benzene rings is 1. The van der Waals surface area contributed by atoms with Crippen LogP contribution in [0.1, 0.15) is 33.0 Å². The van der Waals surface area contributed by atoms with Crippen molar-refractivity contribution in [3.05, 3.63) is 89.4 Å². The molecule has 7 nitrogen and oxygen atoms in total. The molecule has 0 aliphatic rings. The highest BCUT2D eigenvalue weighted by Crippen LogP contribution is 2.32. The van der Waals surface area contributed by atoms with E-state index in [2.05, 4.69) is 25.4 Å². The summed E-state index contributed by atoms with van der Waals surface area (Å²) >= 11 is 0. The number of pyridine rings is 1. The van der Waals surface area contributed by atoms with E-state index in [-0.39, 0.29) is 17.8 Å². The molecule has 0 fully saturated rings. The number of aromatic nitrogens is 5. The molecule has 1 N–H and O–H groups in total. The minimum atomic E-state index is -4.61. The van der Waals surface area contributed by atoms with Crippen LogP contribution in [0.25, 0.3) is 16.9 Å². The molecule has 0 saturated carbocycles. The van der Waals surface area contributed by atoms with Crippen LogP contribution in [0.15, 0.2) is 61.2 Å². The van der Waals surface area contributed by atoms with Crippen molar-refractivity contribution in [2.75, 3.05) is 0 Å². The van der Waals surface area contributed by atoms with E-state index in [4.69, 9.17) is 0 Å². The third-order valence-electron chi connectivity index (χ3n) is 4.83. The number of aryl methyl sites for hydroxylation is 2. The second kappa shape index (κ2) is 8.81. The van der Waals surface area contributed by atoms with Crippen LogP contribution in [0.4, 0.5) is 13.2 Å². The Morgan fingerprint density at radius 1 is 1.00 bits per heavy atom. The average Bonchev–Trinajstić information content (AvgIpc) is 3.29. The van der Waals surface area contributed by atoms with E-state index in [0.29, 0.717) is 17.0 Å². The Hall–Kier alpha value is -4.08. The van der Waals surface area contributed by atoms with Crippen molar-refractivity contribution in [2.24, 2.45) is 0 Å². The molecule has 33 heavy (non-hydrogen) atoms. The monoisotopic (exact) mass is 452 g/mol. The van der Waals surface area contributed by atoms with Crippen molar-refractivity contribution in [3.8, 4) is 16.9 Å². The molecule has 0 bridgehead atoms. The standard InChI is InChI=1S/C23H19F3N6O/c1-14-3-4-20(29-10-14)16-7-17(22(33)30-13-18-12-27-15(2)11-28-18)9-19(8-16)32-21(5-6-31-32)23(24,25)26/h3-12H,13H2,1-2H3,(H,30,33). The van der Waals surface area contributed by atoms with Crippen molar-refractivity contribution in [1.82, 2.24) is 30.0 Å². The second-order valence-corrected chi connectivity index (χ2v) is 7.45. The Kier molecular flexibility index (Phi) is 5.91. The normalized spacial score (nSPS) is 11.4. The summed E-state index contributed by atoms with van der Waals surface area (Å²) in [6.45, 7) is 3.79. The van der Waals surface area contributed by atoms with Crippen molar-refractivity contribution in [3.63, 3.8) is 0 Å². The molecule has 0 aliphatic carbocycles. The molecular weight excluding hydrogens is 433 g/mol. The van der Waals surface area contributed by atoms with Crippen LogP contribution < -0.4 is 5.32 Å². The summed E-state index contributed by atoms with van der Waals surface area (Å²) in [7, 11) is 0. The van der Waals surface area contributed by atoms with Crippen LogP contribution in [0.5, 0.6) is 0 Å². The Labute approximate surface area is 187 Å². The molecule has 3 heterocycles. The zero-order chi connectivity index (χ0) is 23.6. The average molecular weight is 452 g/mol. The molecule has 4 aromatic rings. The van der Waals surface area contributed by atoms with Crippen molar-refractivity contribution >= 4 is 5.91 Å². The summed E-state index contributed by atoms with van der Waals surface area (Å²) in [5, 5.41) is 6.56. The summed E-state index contributed by atoms with van der Waals surface area (Å²) in [6.07, 6.45) is 1.23. The van der Waals surface area contributed by atoms with Crippen LogP contribution >= 0.6 is 0 Å². The lowest BCUT2D eigenvalue weighted by Gasteiger charge is -2.14. The zero-order valence-electron chi connectivity index (χ0n) is 17.8. The van der Waals surface area contributed by atoms with E-state index in [1.165, 1.54) is 12.1 Å². The smallest absolute Gasteiger partial charge is 0.346 e. The van der Waals surface area contributed by atoms with Crippen LogP contribution in [0, 0.1) is 13.8 Å². The molecule has 0 unspecified atom stereocenters. The van der Waals surface area contributed by atoms with Crippen LogP contribution in [0.3, 0.4) is 0 Å². The molecule has 168 valence electrons. The fourth-order valence-corrected chi connectivity index (χ4v) is 3.16. The highest BCUT2D eigenvalue weighted by Gasteiger charge is 2.35. The molecule has 3 aromatic heterocycles. The highest BCUT2D eigenvalue weighted by molar-refractivity contribution is 5.96. The Bertz CT molecular complexity index is 1280. The van der Waals surface area contributed by atoms with Gasteiger partial charge in [-0.1, -0.05) is 6.07 Å². The highest BCUT2D eigenvalue weighted by atomic mass is 19.4. The topological polar surface area (TPSA) is 85.6 Å². The van der Waals surface area contributed by atoms with Crippen LogP contribution in [0.2, 0.25) is 0 Å². The largest absolute Gasteiger partial charge is 0.433 e. The third-order valence-corrected chi connectivity index (χ3v) is 4.83. The number of hydrogen-bond acceptors (Lipinski definition) is 5. The molecule has 4 rings (SSSR count). The van der Waals surface area contributed by atoms with E-state index in [1.807, 2.05) is 13.0 Å². The number of amides is 1. The van der Waals surface area contributed by atoms with Crippen LogP contribution in [-0.2, 0) is 12.7 Å². The second-order valence-electron chi connectivity index (χ2n) is 7.45. The summed E-state index contributed by atoms with van der Waals surface area (Å²) in [6, 6.07) is 8.91. The minimum absolute atomic E-state index is 0.0903. The molecule has 0 saturated heterocycles. The van der Waals surface area contributed by atoms with Crippen molar-refractivity contribution in [2.45, 2.75) is 26.6 Å². The van der Waals surface area contributed by atoms with E-state index < -0.39 is 17.8 Å². The third kappa shape index (κ3) is 5.05. The van der Waals surface area contributed by atoms with E-state index >= 15 is 0 Å². The van der Waals surface area contributed by atoms with Gasteiger partial charge in [0.15, 0.2) is 0 Å². The van der Waals surface area contributed by atoms with E-state index in [1.54, 1.807) is 37.6 Å². The first-order chi connectivity index (χ1) is 15.7. The number of rotatable bonds is 5. The summed E-state index contributed by atoms with van der Waals surface area (Å²) in [5.74, 6) is -0.478. The fraction of sp³-hybridized carbons (Fsp3) is 0.174. The molecular formula is C23H19F3N6O. The number of carbonyl (C=O) groups excluding carboxylic acids is 1. The van der Waals surface area contributed by atoms with Gasteiger partial charge < -0.3 is 5.32 Å². The summed E-state index contributed by atoms with van der Waals surface area (Å²) < 4.78 is 41.2. The van der Waals surface area contributed by atoms with Gasteiger partial charge in [-0.25, -0.2) is 4.68 Å². The lowest BCUT2D eigenvalue weighted by Crippen LogP contribution is -2.24. The van der Waals surface area contributed by atoms with Gasteiger partial charge in [-0.05, 0) is 49.7 Å². The number of hydrogen-bond donors (Lipinski definition) is 1. The first-order valence-corrected chi connectivity index (χ1v) is 9.96. The van der Waals surface area contributed by atoms with Gasteiger partial charge in [0, 0.05) is 23.5 Å². The molecule has 0 aliphatic heterocycles. The zero-order valence-corrected chi connectivity index (χ0v) is 17.8. The van der Waals surface area contributed by atoms with Crippen LogP contribution in [-0.4, -0.2) is 30.6 Å². The van der Waals surface area contributed by atoms with Gasteiger partial charge in [0.2, 0.25) is 0 Å². The molecule has 1 amide bonds. The summed E-state index contributed by atoms with van der Waals surface area (Å²) in [4.78, 5) is 25.6. The molecule has 0 radical (unpaired) electrons.